The number of anilines is 2. The lowest BCUT2D eigenvalue weighted by Crippen LogP contribution is -2.33. The van der Waals surface area contributed by atoms with Gasteiger partial charge in [-0.2, -0.15) is 0 Å². The molecule has 0 fully saturated rings. The monoisotopic (exact) mass is 442 g/mol. The van der Waals surface area contributed by atoms with Crippen molar-refractivity contribution in [2.75, 3.05) is 22.9 Å². The molecule has 6 heteroatoms. The van der Waals surface area contributed by atoms with Crippen LogP contribution in [0.3, 0.4) is 0 Å². The van der Waals surface area contributed by atoms with Crippen molar-refractivity contribution in [2.45, 2.75) is 59.3 Å². The SMILES string of the molecule is CCCCC(CC)CN1C(=O)/C(=C2/C(=O)N(CCCC)c3ccsc32)c2sccc21. The van der Waals surface area contributed by atoms with Crippen LogP contribution in [0.1, 0.15) is 69.1 Å². The van der Waals surface area contributed by atoms with Crippen molar-refractivity contribution < 1.29 is 9.59 Å². The average Bonchev–Trinajstić information content (AvgIpc) is 3.49. The van der Waals surface area contributed by atoms with Gasteiger partial charge in [0.2, 0.25) is 0 Å². The molecule has 30 heavy (non-hydrogen) atoms. The van der Waals surface area contributed by atoms with E-state index in [2.05, 4.69) is 20.8 Å². The first kappa shape index (κ1) is 21.3. The van der Waals surface area contributed by atoms with Gasteiger partial charge in [-0.15, -0.1) is 22.7 Å². The summed E-state index contributed by atoms with van der Waals surface area (Å²) in [5.74, 6) is 0.489. The number of unbranched alkanes of at least 4 members (excludes halogenated alkanes) is 2. The summed E-state index contributed by atoms with van der Waals surface area (Å²) in [6.45, 7) is 7.99. The van der Waals surface area contributed by atoms with E-state index in [1.54, 1.807) is 22.7 Å². The largest absolute Gasteiger partial charge is 0.307 e. The molecule has 1 atom stereocenters. The second-order valence-electron chi connectivity index (χ2n) is 8.16. The van der Waals surface area contributed by atoms with Crippen molar-refractivity contribution in [3.63, 3.8) is 0 Å². The highest BCUT2D eigenvalue weighted by Gasteiger charge is 2.43. The normalized spacial score (nSPS) is 19.0. The Morgan fingerprint density at radius 1 is 0.833 bits per heavy atom. The fourth-order valence-corrected chi connectivity index (χ4v) is 6.30. The van der Waals surface area contributed by atoms with Gasteiger partial charge in [0.25, 0.3) is 11.8 Å². The quantitative estimate of drug-likeness (QED) is 0.420. The maximum absolute atomic E-state index is 13.6. The Morgan fingerprint density at radius 3 is 1.97 bits per heavy atom. The molecular formula is C24H30N2O2S2. The molecule has 2 aromatic rings. The van der Waals surface area contributed by atoms with Gasteiger partial charge in [-0.05, 0) is 41.7 Å². The van der Waals surface area contributed by atoms with Gasteiger partial charge in [0.1, 0.15) is 0 Å². The zero-order valence-electron chi connectivity index (χ0n) is 18.1. The number of hydrogen-bond donors (Lipinski definition) is 0. The van der Waals surface area contributed by atoms with Crippen molar-refractivity contribution in [1.82, 2.24) is 0 Å². The summed E-state index contributed by atoms with van der Waals surface area (Å²) >= 11 is 3.15. The van der Waals surface area contributed by atoms with Crippen LogP contribution in [-0.2, 0) is 9.59 Å². The molecule has 0 aromatic carbocycles. The smallest absolute Gasteiger partial charge is 0.260 e. The predicted molar refractivity (Wildman–Crippen MR) is 128 cm³/mol. The van der Waals surface area contributed by atoms with Crippen molar-refractivity contribution >= 4 is 57.0 Å². The summed E-state index contributed by atoms with van der Waals surface area (Å²) in [4.78, 5) is 32.8. The number of carbonyl (C=O) groups is 2. The number of carbonyl (C=O) groups excluding carboxylic acids is 2. The van der Waals surface area contributed by atoms with Gasteiger partial charge in [0.15, 0.2) is 0 Å². The predicted octanol–water partition coefficient (Wildman–Crippen LogP) is 6.43. The summed E-state index contributed by atoms with van der Waals surface area (Å²) in [6.07, 6.45) is 6.56. The maximum atomic E-state index is 13.6. The molecular weight excluding hydrogens is 412 g/mol. The summed E-state index contributed by atoms with van der Waals surface area (Å²) < 4.78 is 0. The lowest BCUT2D eigenvalue weighted by molar-refractivity contribution is -0.114. The summed E-state index contributed by atoms with van der Waals surface area (Å²) in [5, 5.41) is 4.07. The van der Waals surface area contributed by atoms with E-state index in [-0.39, 0.29) is 11.8 Å². The number of nitrogens with zero attached hydrogens (tertiary/aromatic N) is 2. The summed E-state index contributed by atoms with van der Waals surface area (Å²) in [5.41, 5.74) is 3.20. The third kappa shape index (κ3) is 3.54. The number of fused-ring (bicyclic) bond motifs is 2. The third-order valence-electron chi connectivity index (χ3n) is 6.21. The first-order valence-electron chi connectivity index (χ1n) is 11.2. The van der Waals surface area contributed by atoms with Gasteiger partial charge < -0.3 is 9.80 Å². The average molecular weight is 443 g/mol. The minimum absolute atomic E-state index is 0.00633. The molecule has 0 spiro atoms. The van der Waals surface area contributed by atoms with E-state index < -0.39 is 0 Å². The Kier molecular flexibility index (Phi) is 6.44. The highest BCUT2D eigenvalue weighted by atomic mass is 32.1. The lowest BCUT2D eigenvalue weighted by Gasteiger charge is -2.23. The number of thiophene rings is 2. The molecule has 0 radical (unpaired) electrons. The van der Waals surface area contributed by atoms with E-state index in [0.717, 1.165) is 53.4 Å². The molecule has 0 saturated carbocycles. The molecule has 0 N–H and O–H groups in total. The fraction of sp³-hybridized carbons (Fsp3) is 0.500. The molecule has 0 saturated heterocycles. The molecule has 4 heterocycles. The van der Waals surface area contributed by atoms with Gasteiger partial charge in [0.05, 0.1) is 32.3 Å². The minimum atomic E-state index is -0.00660. The van der Waals surface area contributed by atoms with Crippen LogP contribution in [0.2, 0.25) is 0 Å². The van der Waals surface area contributed by atoms with Crippen LogP contribution >= 0.6 is 22.7 Å². The van der Waals surface area contributed by atoms with E-state index in [1.807, 2.05) is 32.7 Å². The molecule has 2 aliphatic rings. The van der Waals surface area contributed by atoms with Gasteiger partial charge in [0, 0.05) is 13.1 Å². The van der Waals surface area contributed by atoms with Crippen molar-refractivity contribution in [2.24, 2.45) is 5.92 Å². The molecule has 4 rings (SSSR count). The second kappa shape index (κ2) is 9.06. The van der Waals surface area contributed by atoms with E-state index in [0.29, 0.717) is 23.6 Å². The Bertz CT molecular complexity index is 972. The molecule has 0 aliphatic carbocycles. The van der Waals surface area contributed by atoms with Crippen LogP contribution in [-0.4, -0.2) is 24.9 Å². The molecule has 160 valence electrons. The standard InChI is InChI=1S/C24H30N2O2S2/c1-4-7-9-16(6-3)15-26-18-11-14-30-22(18)20(24(26)28)19-21-17(10-13-29-21)25(23(19)27)12-8-5-2/h10-11,13-14,16H,4-9,12,15H2,1-3H3/b20-19+. The lowest BCUT2D eigenvalue weighted by atomic mass is 9.98. The van der Waals surface area contributed by atoms with E-state index in [1.165, 1.54) is 12.8 Å². The highest BCUT2D eigenvalue weighted by molar-refractivity contribution is 7.14. The van der Waals surface area contributed by atoms with Crippen LogP contribution in [0.5, 0.6) is 0 Å². The second-order valence-corrected chi connectivity index (χ2v) is 9.99. The third-order valence-corrected chi connectivity index (χ3v) is 8.05. The summed E-state index contributed by atoms with van der Waals surface area (Å²) in [6, 6.07) is 4.06. The van der Waals surface area contributed by atoms with Gasteiger partial charge in [-0.1, -0.05) is 46.5 Å². The molecule has 2 amide bonds. The van der Waals surface area contributed by atoms with E-state index >= 15 is 0 Å². The van der Waals surface area contributed by atoms with Crippen LogP contribution in [0, 0.1) is 5.92 Å². The van der Waals surface area contributed by atoms with Crippen LogP contribution in [0.4, 0.5) is 11.4 Å². The molecule has 4 nitrogen and oxygen atoms in total. The van der Waals surface area contributed by atoms with Crippen molar-refractivity contribution in [1.29, 1.82) is 0 Å². The first-order valence-corrected chi connectivity index (χ1v) is 12.9. The van der Waals surface area contributed by atoms with Crippen LogP contribution in [0.25, 0.3) is 11.1 Å². The van der Waals surface area contributed by atoms with Gasteiger partial charge >= 0.3 is 0 Å². The highest BCUT2D eigenvalue weighted by Crippen LogP contribution is 2.50. The zero-order valence-corrected chi connectivity index (χ0v) is 19.7. The van der Waals surface area contributed by atoms with Crippen LogP contribution in [0.15, 0.2) is 22.9 Å². The van der Waals surface area contributed by atoms with Crippen molar-refractivity contribution in [3.8, 4) is 0 Å². The van der Waals surface area contributed by atoms with E-state index in [4.69, 9.17) is 0 Å². The van der Waals surface area contributed by atoms with Crippen LogP contribution < -0.4 is 9.80 Å². The number of rotatable bonds is 9. The molecule has 1 unspecified atom stereocenters. The van der Waals surface area contributed by atoms with Crippen molar-refractivity contribution in [3.05, 3.63) is 32.6 Å². The Labute approximate surface area is 187 Å². The molecule has 2 aliphatic heterocycles. The zero-order chi connectivity index (χ0) is 21.3. The first-order chi connectivity index (χ1) is 14.6. The molecule has 0 bridgehead atoms. The van der Waals surface area contributed by atoms with Gasteiger partial charge in [-0.3, -0.25) is 9.59 Å². The fourth-order valence-electron chi connectivity index (χ4n) is 4.42. The Hall–Kier alpha value is -1.92. The number of hydrogen-bond acceptors (Lipinski definition) is 4. The van der Waals surface area contributed by atoms with Gasteiger partial charge in [-0.25, -0.2) is 0 Å². The minimum Gasteiger partial charge on any atom is -0.307 e. The summed E-state index contributed by atoms with van der Waals surface area (Å²) in [7, 11) is 0. The molecule has 2 aromatic heterocycles. The topological polar surface area (TPSA) is 40.6 Å². The Morgan fingerprint density at radius 2 is 1.40 bits per heavy atom. The number of amides is 2. The Balaban J connectivity index is 1.73. The maximum Gasteiger partial charge on any atom is 0.260 e. The van der Waals surface area contributed by atoms with E-state index in [9.17, 15) is 9.59 Å².